The van der Waals surface area contributed by atoms with E-state index in [-0.39, 0.29) is 12.3 Å². The van der Waals surface area contributed by atoms with Crippen molar-refractivity contribution in [2.45, 2.75) is 0 Å². The molecule has 2 aromatic carbocycles. The number of carbonyl (C=O) groups is 1. The van der Waals surface area contributed by atoms with E-state index in [1.165, 1.54) is 18.3 Å². The van der Waals surface area contributed by atoms with Crippen LogP contribution in [0, 0.1) is 10.1 Å². The molecule has 9 nitrogen and oxygen atoms in total. The summed E-state index contributed by atoms with van der Waals surface area (Å²) >= 11 is 3.34. The van der Waals surface area contributed by atoms with Crippen molar-refractivity contribution < 1.29 is 19.2 Å². The fourth-order valence-corrected chi connectivity index (χ4v) is 3.16. The molecule has 0 radical (unpaired) electrons. The SMILES string of the molecule is O=C(COc1ccccc1Br)N/N=C/c1cc([N+](=O)[O-])ccc1N1CCOCC1. The fourth-order valence-electron chi connectivity index (χ4n) is 2.76. The van der Waals surface area contributed by atoms with Crippen molar-refractivity contribution in [3.8, 4) is 5.75 Å². The maximum atomic E-state index is 12.0. The van der Waals surface area contributed by atoms with Crippen molar-refractivity contribution >= 4 is 39.4 Å². The van der Waals surface area contributed by atoms with Gasteiger partial charge in [0.1, 0.15) is 5.75 Å². The van der Waals surface area contributed by atoms with Crippen molar-refractivity contribution in [1.29, 1.82) is 0 Å². The van der Waals surface area contributed by atoms with E-state index in [4.69, 9.17) is 9.47 Å². The number of nitro benzene ring substituents is 1. The average Bonchev–Trinajstić information content (AvgIpc) is 2.73. The van der Waals surface area contributed by atoms with E-state index in [1.807, 2.05) is 6.07 Å². The summed E-state index contributed by atoms with van der Waals surface area (Å²) in [5.41, 5.74) is 3.66. The Hall–Kier alpha value is -2.98. The van der Waals surface area contributed by atoms with E-state index in [9.17, 15) is 14.9 Å². The summed E-state index contributed by atoms with van der Waals surface area (Å²) in [6.07, 6.45) is 1.40. The molecule has 0 aromatic heterocycles. The first-order valence-electron chi connectivity index (χ1n) is 8.85. The van der Waals surface area contributed by atoms with Crippen molar-refractivity contribution in [3.63, 3.8) is 0 Å². The number of rotatable bonds is 7. The van der Waals surface area contributed by atoms with Gasteiger partial charge in [0.2, 0.25) is 0 Å². The lowest BCUT2D eigenvalue weighted by Crippen LogP contribution is -2.36. The van der Waals surface area contributed by atoms with Gasteiger partial charge in [-0.1, -0.05) is 12.1 Å². The number of nitrogens with one attached hydrogen (secondary N) is 1. The van der Waals surface area contributed by atoms with Crippen molar-refractivity contribution in [1.82, 2.24) is 5.43 Å². The van der Waals surface area contributed by atoms with Crippen molar-refractivity contribution in [3.05, 3.63) is 62.6 Å². The minimum absolute atomic E-state index is 0.0490. The van der Waals surface area contributed by atoms with Gasteiger partial charge >= 0.3 is 0 Å². The topological polar surface area (TPSA) is 106 Å². The van der Waals surface area contributed by atoms with E-state index in [1.54, 1.807) is 24.3 Å². The first-order chi connectivity index (χ1) is 14.0. The third-order valence-corrected chi connectivity index (χ3v) is 4.82. The zero-order valence-electron chi connectivity index (χ0n) is 15.4. The minimum Gasteiger partial charge on any atom is -0.483 e. The number of nitro groups is 1. The third-order valence-electron chi connectivity index (χ3n) is 4.16. The number of morpholine rings is 1. The molecule has 0 aliphatic carbocycles. The van der Waals surface area contributed by atoms with E-state index in [2.05, 4.69) is 31.4 Å². The molecule has 152 valence electrons. The molecule has 1 aliphatic rings. The number of non-ortho nitro benzene ring substituents is 1. The smallest absolute Gasteiger partial charge is 0.277 e. The lowest BCUT2D eigenvalue weighted by atomic mass is 10.1. The standard InChI is InChI=1S/C19H19BrN4O5/c20-16-3-1-2-4-18(16)29-13-19(25)22-21-12-14-11-15(24(26)27)5-6-17(14)23-7-9-28-10-8-23/h1-6,11-12H,7-10,13H2,(H,22,25)/b21-12+. The number of hydrogen-bond donors (Lipinski definition) is 1. The molecular formula is C19H19BrN4O5. The molecule has 0 spiro atoms. The Labute approximate surface area is 175 Å². The summed E-state index contributed by atoms with van der Waals surface area (Å²) in [5, 5.41) is 15.0. The predicted molar refractivity (Wildman–Crippen MR) is 112 cm³/mol. The van der Waals surface area contributed by atoms with Crippen molar-refractivity contribution in [2.24, 2.45) is 5.10 Å². The van der Waals surface area contributed by atoms with Crippen LogP contribution in [0.2, 0.25) is 0 Å². The summed E-state index contributed by atoms with van der Waals surface area (Å²) < 4.78 is 11.5. The van der Waals surface area contributed by atoms with Crippen molar-refractivity contribution in [2.75, 3.05) is 37.8 Å². The highest BCUT2D eigenvalue weighted by Crippen LogP contribution is 2.25. The van der Waals surface area contributed by atoms with Crippen LogP contribution in [0.3, 0.4) is 0 Å². The van der Waals surface area contributed by atoms with Gasteiger partial charge in [-0.2, -0.15) is 5.10 Å². The molecule has 2 aromatic rings. The molecule has 1 amide bonds. The predicted octanol–water partition coefficient (Wildman–Crippen LogP) is 2.72. The Morgan fingerprint density at radius 1 is 1.31 bits per heavy atom. The first kappa shape index (κ1) is 20.7. The molecule has 0 unspecified atom stereocenters. The number of para-hydroxylation sites is 1. The molecule has 3 rings (SSSR count). The Balaban J connectivity index is 1.66. The second-order valence-corrected chi connectivity index (χ2v) is 6.97. The summed E-state index contributed by atoms with van der Waals surface area (Å²) in [5.74, 6) is 0.0928. The lowest BCUT2D eigenvalue weighted by molar-refractivity contribution is -0.384. The highest BCUT2D eigenvalue weighted by atomic mass is 79.9. The zero-order valence-corrected chi connectivity index (χ0v) is 17.0. The number of benzene rings is 2. The number of hydrazone groups is 1. The Morgan fingerprint density at radius 2 is 2.07 bits per heavy atom. The van der Waals surface area contributed by atoms with Gasteiger partial charge in [-0.05, 0) is 34.1 Å². The third kappa shape index (κ3) is 5.75. The molecule has 1 saturated heterocycles. The fraction of sp³-hybridized carbons (Fsp3) is 0.263. The van der Waals surface area contributed by atoms with Crippen LogP contribution in [-0.4, -0.2) is 50.0 Å². The van der Waals surface area contributed by atoms with E-state index in [0.29, 0.717) is 37.6 Å². The van der Waals surface area contributed by atoms with Gasteiger partial charge in [0, 0.05) is 36.5 Å². The second kappa shape index (κ2) is 9.99. The molecule has 1 aliphatic heterocycles. The van der Waals surface area contributed by atoms with Crippen LogP contribution in [0.25, 0.3) is 0 Å². The average molecular weight is 463 g/mol. The highest BCUT2D eigenvalue weighted by Gasteiger charge is 2.17. The molecule has 29 heavy (non-hydrogen) atoms. The van der Waals surface area contributed by atoms with Crippen LogP contribution in [0.4, 0.5) is 11.4 Å². The summed E-state index contributed by atoms with van der Waals surface area (Å²) in [6, 6.07) is 11.7. The monoisotopic (exact) mass is 462 g/mol. The van der Waals surface area contributed by atoms with E-state index < -0.39 is 10.8 Å². The minimum atomic E-state index is -0.468. The second-order valence-electron chi connectivity index (χ2n) is 6.11. The molecule has 0 atom stereocenters. The Morgan fingerprint density at radius 3 is 2.79 bits per heavy atom. The van der Waals surface area contributed by atoms with Crippen LogP contribution in [0.15, 0.2) is 52.0 Å². The molecule has 0 saturated carbocycles. The van der Waals surface area contributed by atoms with Gasteiger partial charge in [0.15, 0.2) is 6.61 Å². The molecule has 10 heteroatoms. The molecular weight excluding hydrogens is 444 g/mol. The van der Waals surface area contributed by atoms with Gasteiger partial charge in [-0.15, -0.1) is 0 Å². The first-order valence-corrected chi connectivity index (χ1v) is 9.64. The summed E-state index contributed by atoms with van der Waals surface area (Å²) in [4.78, 5) is 24.7. The van der Waals surface area contributed by atoms with Crippen LogP contribution in [0.5, 0.6) is 5.75 Å². The number of amides is 1. The maximum Gasteiger partial charge on any atom is 0.277 e. The summed E-state index contributed by atoms with van der Waals surface area (Å²) in [7, 11) is 0. The highest BCUT2D eigenvalue weighted by molar-refractivity contribution is 9.10. The van der Waals surface area contributed by atoms with E-state index in [0.717, 1.165) is 10.2 Å². The van der Waals surface area contributed by atoms with Crippen LogP contribution >= 0.6 is 15.9 Å². The number of ether oxygens (including phenoxy) is 2. The van der Waals surface area contributed by atoms with Crippen LogP contribution < -0.4 is 15.1 Å². The van der Waals surface area contributed by atoms with Gasteiger partial charge < -0.3 is 14.4 Å². The molecule has 0 bridgehead atoms. The van der Waals surface area contributed by atoms with Gasteiger partial charge in [-0.3, -0.25) is 14.9 Å². The number of nitrogens with zero attached hydrogens (tertiary/aromatic N) is 3. The number of anilines is 1. The molecule has 1 N–H and O–H groups in total. The Kier molecular flexibility index (Phi) is 7.14. The number of halogens is 1. The lowest BCUT2D eigenvalue weighted by Gasteiger charge is -2.29. The maximum absolute atomic E-state index is 12.0. The van der Waals surface area contributed by atoms with Gasteiger partial charge in [0.05, 0.1) is 28.8 Å². The van der Waals surface area contributed by atoms with Crippen LogP contribution in [-0.2, 0) is 9.53 Å². The van der Waals surface area contributed by atoms with Crippen LogP contribution in [0.1, 0.15) is 5.56 Å². The Bertz CT molecular complexity index is 915. The van der Waals surface area contributed by atoms with E-state index >= 15 is 0 Å². The number of hydrogen-bond acceptors (Lipinski definition) is 7. The van der Waals surface area contributed by atoms with Gasteiger partial charge in [-0.25, -0.2) is 5.43 Å². The molecule has 1 heterocycles. The summed E-state index contributed by atoms with van der Waals surface area (Å²) in [6.45, 7) is 2.29. The largest absolute Gasteiger partial charge is 0.483 e. The molecule has 1 fully saturated rings. The van der Waals surface area contributed by atoms with Gasteiger partial charge in [0.25, 0.3) is 11.6 Å². The zero-order chi connectivity index (χ0) is 20.6. The normalized spacial score (nSPS) is 14.0. The number of carbonyl (C=O) groups excluding carboxylic acids is 1. The quantitative estimate of drug-likeness (QED) is 0.385.